The van der Waals surface area contributed by atoms with Crippen molar-refractivity contribution in [1.29, 1.82) is 0 Å². The van der Waals surface area contributed by atoms with Crippen LogP contribution < -0.4 is 9.54 Å². The van der Waals surface area contributed by atoms with E-state index in [4.69, 9.17) is 4.74 Å². The molecule has 0 bridgehead atoms. The lowest BCUT2D eigenvalue weighted by molar-refractivity contribution is 0.0997. The fraction of sp³-hybridized carbons (Fsp3) is 0.200. The molecule has 1 heterocycles. The summed E-state index contributed by atoms with van der Waals surface area (Å²) in [5.41, 5.74) is 2.72. The number of thiazole rings is 1. The van der Waals surface area contributed by atoms with E-state index in [9.17, 15) is 4.79 Å². The first-order valence-electron chi connectivity index (χ1n) is 8.33. The fourth-order valence-corrected chi connectivity index (χ4v) is 4.68. The van der Waals surface area contributed by atoms with Gasteiger partial charge in [0.15, 0.2) is 4.80 Å². The van der Waals surface area contributed by atoms with Gasteiger partial charge in [0.2, 0.25) is 0 Å². The average molecular weight is 510 g/mol. The Balaban J connectivity index is 2.06. The van der Waals surface area contributed by atoms with Crippen LogP contribution in [0.3, 0.4) is 0 Å². The third kappa shape index (κ3) is 4.25. The first-order valence-corrected chi connectivity index (χ1v) is 10.7. The molecule has 7 heteroatoms. The molecule has 3 aromatic rings. The number of amides is 1. The number of nitrogens with zero attached hydrogens (tertiary/aromatic N) is 2. The highest BCUT2D eigenvalue weighted by molar-refractivity contribution is 9.10. The Labute approximate surface area is 178 Å². The van der Waals surface area contributed by atoms with E-state index < -0.39 is 0 Å². The quantitative estimate of drug-likeness (QED) is 0.444. The lowest BCUT2D eigenvalue weighted by Crippen LogP contribution is -2.17. The van der Waals surface area contributed by atoms with E-state index in [2.05, 4.69) is 67.4 Å². The summed E-state index contributed by atoms with van der Waals surface area (Å²) in [6.07, 6.45) is 0. The van der Waals surface area contributed by atoms with E-state index in [1.165, 1.54) is 11.3 Å². The summed E-state index contributed by atoms with van der Waals surface area (Å²) in [6, 6.07) is 13.4. The highest BCUT2D eigenvalue weighted by atomic mass is 79.9. The van der Waals surface area contributed by atoms with E-state index in [0.717, 1.165) is 31.6 Å². The van der Waals surface area contributed by atoms with Gasteiger partial charge in [-0.05, 0) is 65.7 Å². The number of rotatable bonds is 4. The molecule has 0 fully saturated rings. The van der Waals surface area contributed by atoms with Crippen molar-refractivity contribution in [3.63, 3.8) is 0 Å². The van der Waals surface area contributed by atoms with E-state index in [0.29, 0.717) is 16.1 Å². The molecule has 3 rings (SSSR count). The lowest BCUT2D eigenvalue weighted by atomic mass is 10.1. The molecule has 0 radical (unpaired) electrons. The molecule has 27 heavy (non-hydrogen) atoms. The zero-order valence-electron chi connectivity index (χ0n) is 15.1. The van der Waals surface area contributed by atoms with Crippen molar-refractivity contribution in [3.8, 4) is 17.0 Å². The van der Waals surface area contributed by atoms with Gasteiger partial charge >= 0.3 is 0 Å². The van der Waals surface area contributed by atoms with E-state index in [1.54, 1.807) is 25.3 Å². The standard InChI is InChI=1S/C20H18Br2N2O2S/c1-4-24-18(13-5-8-15(21)9-6-13)12(2)27-20(24)23-19(25)14-7-10-17(26-3)16(22)11-14/h5-11H,4H2,1-3H3. The SMILES string of the molecule is CCn1c(-c2ccc(Br)cc2)c(C)sc1=NC(=O)c1ccc(OC)c(Br)c1. The number of hydrogen-bond acceptors (Lipinski definition) is 3. The van der Waals surface area contributed by atoms with Crippen LogP contribution in [0.2, 0.25) is 0 Å². The highest BCUT2D eigenvalue weighted by Crippen LogP contribution is 2.28. The number of aryl methyl sites for hydroxylation is 1. The van der Waals surface area contributed by atoms with Crippen molar-refractivity contribution in [2.45, 2.75) is 20.4 Å². The number of ether oxygens (including phenoxy) is 1. The summed E-state index contributed by atoms with van der Waals surface area (Å²) < 4.78 is 9.06. The summed E-state index contributed by atoms with van der Waals surface area (Å²) in [5.74, 6) is 0.406. The van der Waals surface area contributed by atoms with Gasteiger partial charge in [0, 0.05) is 21.5 Å². The van der Waals surface area contributed by atoms with Gasteiger partial charge in [-0.3, -0.25) is 4.79 Å². The molecule has 0 spiro atoms. The van der Waals surface area contributed by atoms with Gasteiger partial charge in [-0.2, -0.15) is 4.99 Å². The molecule has 0 aliphatic heterocycles. The minimum atomic E-state index is -0.274. The van der Waals surface area contributed by atoms with Gasteiger partial charge in [0.1, 0.15) is 5.75 Å². The van der Waals surface area contributed by atoms with Crippen LogP contribution in [0.1, 0.15) is 22.2 Å². The van der Waals surface area contributed by atoms with E-state index >= 15 is 0 Å². The zero-order valence-corrected chi connectivity index (χ0v) is 19.1. The summed E-state index contributed by atoms with van der Waals surface area (Å²) in [5, 5.41) is 0. The minimum Gasteiger partial charge on any atom is -0.496 e. The van der Waals surface area contributed by atoms with E-state index in [1.807, 2.05) is 12.1 Å². The van der Waals surface area contributed by atoms with Crippen LogP contribution in [0, 0.1) is 6.92 Å². The minimum absolute atomic E-state index is 0.274. The van der Waals surface area contributed by atoms with Crippen molar-refractivity contribution >= 4 is 49.1 Å². The molecule has 1 aromatic heterocycles. The number of halogens is 2. The van der Waals surface area contributed by atoms with Crippen molar-refractivity contribution < 1.29 is 9.53 Å². The van der Waals surface area contributed by atoms with Crippen LogP contribution in [0.4, 0.5) is 0 Å². The summed E-state index contributed by atoms with van der Waals surface area (Å²) in [6.45, 7) is 4.85. The zero-order chi connectivity index (χ0) is 19.6. The second-order valence-electron chi connectivity index (χ2n) is 5.81. The Hall–Kier alpha value is -1.70. The van der Waals surface area contributed by atoms with Crippen LogP contribution in [-0.2, 0) is 6.54 Å². The Morgan fingerprint density at radius 2 is 1.89 bits per heavy atom. The lowest BCUT2D eigenvalue weighted by Gasteiger charge is -2.08. The predicted molar refractivity (Wildman–Crippen MR) is 116 cm³/mol. The number of methoxy groups -OCH3 is 1. The Bertz CT molecular complexity index is 1050. The first kappa shape index (κ1) is 20.0. The number of hydrogen-bond donors (Lipinski definition) is 0. The van der Waals surface area contributed by atoms with Gasteiger partial charge in [0.25, 0.3) is 5.91 Å². The summed E-state index contributed by atoms with van der Waals surface area (Å²) >= 11 is 8.41. The first-order chi connectivity index (χ1) is 12.9. The van der Waals surface area contributed by atoms with Crippen molar-refractivity contribution in [2.24, 2.45) is 4.99 Å². The van der Waals surface area contributed by atoms with Crippen molar-refractivity contribution in [1.82, 2.24) is 4.57 Å². The molecule has 140 valence electrons. The Morgan fingerprint density at radius 1 is 1.19 bits per heavy atom. The third-order valence-electron chi connectivity index (χ3n) is 4.11. The van der Waals surface area contributed by atoms with Crippen LogP contribution in [0.15, 0.2) is 56.4 Å². The third-order valence-corrected chi connectivity index (χ3v) is 6.25. The average Bonchev–Trinajstić information content (AvgIpc) is 2.97. The second kappa shape index (κ2) is 8.54. The van der Waals surface area contributed by atoms with Gasteiger partial charge in [-0.25, -0.2) is 0 Å². The maximum absolute atomic E-state index is 12.7. The molecule has 0 saturated heterocycles. The van der Waals surface area contributed by atoms with E-state index in [-0.39, 0.29) is 5.91 Å². The number of aromatic nitrogens is 1. The van der Waals surface area contributed by atoms with Gasteiger partial charge < -0.3 is 9.30 Å². The number of benzene rings is 2. The highest BCUT2D eigenvalue weighted by Gasteiger charge is 2.14. The molecule has 4 nitrogen and oxygen atoms in total. The molecule has 0 unspecified atom stereocenters. The number of carbonyl (C=O) groups excluding carboxylic acids is 1. The fourth-order valence-electron chi connectivity index (χ4n) is 2.82. The molecule has 0 atom stereocenters. The van der Waals surface area contributed by atoms with Gasteiger partial charge in [-0.15, -0.1) is 11.3 Å². The second-order valence-corrected chi connectivity index (χ2v) is 8.76. The summed E-state index contributed by atoms with van der Waals surface area (Å²) in [7, 11) is 1.59. The van der Waals surface area contributed by atoms with Crippen LogP contribution in [-0.4, -0.2) is 17.6 Å². The van der Waals surface area contributed by atoms with Gasteiger partial charge in [0.05, 0.1) is 17.3 Å². The molecule has 2 aromatic carbocycles. The molecule has 0 aliphatic carbocycles. The largest absolute Gasteiger partial charge is 0.496 e. The van der Waals surface area contributed by atoms with Crippen molar-refractivity contribution in [2.75, 3.05) is 7.11 Å². The Morgan fingerprint density at radius 3 is 2.48 bits per heavy atom. The topological polar surface area (TPSA) is 43.6 Å². The molecular weight excluding hydrogens is 492 g/mol. The van der Waals surface area contributed by atoms with Crippen molar-refractivity contribution in [3.05, 3.63) is 66.7 Å². The maximum atomic E-state index is 12.7. The maximum Gasteiger partial charge on any atom is 0.279 e. The molecule has 0 saturated carbocycles. The van der Waals surface area contributed by atoms with Crippen LogP contribution in [0.25, 0.3) is 11.3 Å². The molecule has 1 amide bonds. The Kier molecular flexibility index (Phi) is 6.34. The predicted octanol–water partition coefficient (Wildman–Crippen LogP) is 5.82. The molecular formula is C20H18Br2N2O2S. The monoisotopic (exact) mass is 508 g/mol. The van der Waals surface area contributed by atoms with Gasteiger partial charge in [-0.1, -0.05) is 28.1 Å². The molecule has 0 N–H and O–H groups in total. The summed E-state index contributed by atoms with van der Waals surface area (Å²) in [4.78, 5) is 18.9. The molecule has 0 aliphatic rings. The van der Waals surface area contributed by atoms with Crippen LogP contribution in [0.5, 0.6) is 5.75 Å². The smallest absolute Gasteiger partial charge is 0.279 e. The normalized spacial score (nSPS) is 11.7. The number of carbonyl (C=O) groups is 1. The van der Waals surface area contributed by atoms with Crippen LogP contribution >= 0.6 is 43.2 Å².